The molecule has 0 aromatic rings. The first-order valence-electron chi connectivity index (χ1n) is 1.18. The van der Waals surface area contributed by atoms with Gasteiger partial charge in [-0.25, -0.2) is 18.6 Å². The minimum atomic E-state index is -4.94. The van der Waals surface area contributed by atoms with Crippen LogP contribution in [0.3, 0.4) is 0 Å². The Morgan fingerprint density at radius 2 is 1.20 bits per heavy atom. The normalized spacial score (nSPS) is 8.40. The van der Waals surface area contributed by atoms with Gasteiger partial charge in [0.05, 0.1) is 0 Å². The van der Waals surface area contributed by atoms with Crippen molar-refractivity contribution in [3.63, 3.8) is 0 Å². The van der Waals surface area contributed by atoms with Crippen molar-refractivity contribution in [3.05, 3.63) is 10.1 Å². The van der Waals surface area contributed by atoms with E-state index in [0.717, 1.165) is 0 Å². The summed E-state index contributed by atoms with van der Waals surface area (Å²) < 4.78 is 34.0. The van der Waals surface area contributed by atoms with Crippen LogP contribution in [-0.2, 0) is 0 Å². The third-order valence-corrected chi connectivity index (χ3v) is 0. The van der Waals surface area contributed by atoms with E-state index in [1.54, 1.807) is 0 Å². The zero-order chi connectivity index (χ0) is 8.08. The second-order valence-corrected chi connectivity index (χ2v) is 1.37. The molecule has 0 saturated carbocycles. The molecule has 0 aromatic heterocycles. The molecular weight excluding hydrogens is 184 g/mol. The van der Waals surface area contributed by atoms with Crippen molar-refractivity contribution in [1.82, 2.24) is 0 Å². The fraction of sp³-hybridized carbons (Fsp3) is 0. The maximum Gasteiger partial charge on any atom is 1.00 e. The summed E-state index contributed by atoms with van der Waals surface area (Å²) in [6.45, 7) is 0. The standard InChI is InChI=1S/ClHO4.HNO3.Na/c2-1(3,4)5;2-1(3)4;/h(H,2,3,4,5);(H,2,3,4);/q;;+1/p-1. The Hall–Kier alpha value is 0.330. The zero-order valence-electron chi connectivity index (χ0n) is 4.72. The summed E-state index contributed by atoms with van der Waals surface area (Å²) in [7, 11) is -4.94. The van der Waals surface area contributed by atoms with Crippen LogP contribution in [-0.4, -0.2) is 10.3 Å². The van der Waals surface area contributed by atoms with E-state index < -0.39 is 15.3 Å². The molecule has 0 radical (unpaired) electrons. The van der Waals surface area contributed by atoms with Gasteiger partial charge in [-0.2, -0.15) is 0 Å². The van der Waals surface area contributed by atoms with Crippen LogP contribution in [0.1, 0.15) is 0 Å². The van der Waals surface area contributed by atoms with Crippen molar-refractivity contribution in [3.8, 4) is 0 Å². The molecule has 0 atom stereocenters. The molecule has 10 heavy (non-hydrogen) atoms. The Morgan fingerprint density at radius 1 is 1.20 bits per heavy atom. The molecule has 0 aliphatic carbocycles. The number of hydrogen-bond acceptors (Lipinski definition) is 6. The smallest absolute Gasteiger partial charge is 0.328 e. The molecule has 1 N–H and O–H groups in total. The predicted octanol–water partition coefficient (Wildman–Crippen LogP) is -8.10. The van der Waals surface area contributed by atoms with Gasteiger partial charge in [-0.15, -0.1) is 20.4 Å². The van der Waals surface area contributed by atoms with Crippen LogP contribution in [0.5, 0.6) is 0 Å². The maximum absolute atomic E-state index is 8.49. The number of hydrogen-bond donors (Lipinski definition) is 1. The molecule has 0 bridgehead atoms. The minimum absolute atomic E-state index is 0. The molecule has 56 valence electrons. The monoisotopic (exact) mass is 185 g/mol. The molecule has 10 heteroatoms. The first-order valence-corrected chi connectivity index (χ1v) is 2.42. The summed E-state index contributed by atoms with van der Waals surface area (Å²) in [5, 5.41) is 13.6. The summed E-state index contributed by atoms with van der Waals surface area (Å²) in [6, 6.07) is 0. The van der Waals surface area contributed by atoms with E-state index in [0.29, 0.717) is 0 Å². The van der Waals surface area contributed by atoms with E-state index in [2.05, 4.69) is 0 Å². The molecule has 0 aromatic carbocycles. The van der Waals surface area contributed by atoms with E-state index in [-0.39, 0.29) is 29.6 Å². The average Bonchev–Trinajstić information content (AvgIpc) is 1.19. The van der Waals surface area contributed by atoms with E-state index in [4.69, 9.17) is 34.0 Å². The van der Waals surface area contributed by atoms with Gasteiger partial charge in [0.2, 0.25) is 0 Å². The van der Waals surface area contributed by atoms with Crippen LogP contribution in [0.2, 0.25) is 0 Å². The zero-order valence-corrected chi connectivity index (χ0v) is 7.48. The first-order chi connectivity index (χ1) is 3.73. The summed E-state index contributed by atoms with van der Waals surface area (Å²) >= 11 is 0. The molecule has 8 nitrogen and oxygen atoms in total. The van der Waals surface area contributed by atoms with Gasteiger partial charge in [-0.1, -0.05) is 0 Å². The van der Waals surface area contributed by atoms with Gasteiger partial charge in [0.1, 0.15) is 0 Å². The van der Waals surface area contributed by atoms with Crippen molar-refractivity contribution < 1.29 is 68.7 Å². The molecule has 0 amide bonds. The van der Waals surface area contributed by atoms with Crippen molar-refractivity contribution in [2.45, 2.75) is 0 Å². The van der Waals surface area contributed by atoms with Crippen molar-refractivity contribution in [2.75, 3.05) is 0 Å². The molecule has 0 heterocycles. The summed E-state index contributed by atoms with van der Waals surface area (Å²) in [5.74, 6) is 0. The molecule has 0 aliphatic rings. The van der Waals surface area contributed by atoms with Gasteiger partial charge in [-0.3, -0.25) is 0 Å². The third kappa shape index (κ3) is 4110. The van der Waals surface area contributed by atoms with Crippen molar-refractivity contribution >= 4 is 0 Å². The summed E-state index contributed by atoms with van der Waals surface area (Å²) in [4.78, 5) is 8.36. The molecule has 0 spiro atoms. The molecule has 0 rings (SSSR count). The Kier molecular flexibility index (Phi) is 12.4. The van der Waals surface area contributed by atoms with E-state index >= 15 is 0 Å². The minimum Gasteiger partial charge on any atom is -0.328 e. The molecule has 0 saturated heterocycles. The number of halogens is 1. The fourth-order valence-corrected chi connectivity index (χ4v) is 0. The van der Waals surface area contributed by atoms with E-state index in [1.165, 1.54) is 0 Å². The van der Waals surface area contributed by atoms with Crippen LogP contribution in [0, 0.1) is 20.4 Å². The van der Waals surface area contributed by atoms with Crippen LogP contribution < -0.4 is 48.2 Å². The number of nitrogens with zero attached hydrogens (tertiary/aromatic N) is 1. The molecule has 0 fully saturated rings. The van der Waals surface area contributed by atoms with Crippen molar-refractivity contribution in [2.24, 2.45) is 0 Å². The largest absolute Gasteiger partial charge is 1.00 e. The van der Waals surface area contributed by atoms with Gasteiger partial charge in [0.25, 0.3) is 5.09 Å². The SMILES string of the molecule is O=[N+]([O-])O.[Na+].[O-][Cl+3]([O-])([O-])[O-]. The Morgan fingerprint density at radius 3 is 1.20 bits per heavy atom. The Labute approximate surface area is 78.8 Å². The van der Waals surface area contributed by atoms with Crippen LogP contribution in [0.25, 0.3) is 0 Å². The predicted molar refractivity (Wildman–Crippen MR) is 8.78 cm³/mol. The van der Waals surface area contributed by atoms with Crippen LogP contribution in [0.4, 0.5) is 0 Å². The molecule has 0 unspecified atom stereocenters. The van der Waals surface area contributed by atoms with Gasteiger partial charge >= 0.3 is 29.6 Å². The van der Waals surface area contributed by atoms with Crippen LogP contribution in [0.15, 0.2) is 0 Å². The topological polar surface area (TPSA) is 156 Å². The summed E-state index contributed by atoms with van der Waals surface area (Å²) in [6.07, 6.45) is 0. The van der Waals surface area contributed by atoms with Gasteiger partial charge < -0.3 is 5.21 Å². The van der Waals surface area contributed by atoms with Gasteiger partial charge in [0.15, 0.2) is 0 Å². The first kappa shape index (κ1) is 16.7. The Bertz CT molecular complexity index is 76.1. The quantitative estimate of drug-likeness (QED) is 0.223. The number of rotatable bonds is 0. The van der Waals surface area contributed by atoms with E-state index in [9.17, 15) is 0 Å². The third-order valence-electron chi connectivity index (χ3n) is 0. The average molecular weight is 185 g/mol. The molecular formula is HClNNaO7. The van der Waals surface area contributed by atoms with Crippen molar-refractivity contribution in [1.29, 1.82) is 0 Å². The second kappa shape index (κ2) is 7.44. The van der Waals surface area contributed by atoms with Crippen LogP contribution >= 0.6 is 0 Å². The van der Waals surface area contributed by atoms with E-state index in [1.807, 2.05) is 0 Å². The Balaban J connectivity index is -0.0000000910. The molecule has 0 aliphatic heterocycles. The summed E-state index contributed by atoms with van der Waals surface area (Å²) in [5.41, 5.74) is 0. The van der Waals surface area contributed by atoms with Gasteiger partial charge in [0, 0.05) is 0 Å². The maximum atomic E-state index is 8.49. The van der Waals surface area contributed by atoms with Gasteiger partial charge in [-0.05, 0) is 0 Å². The fourth-order valence-electron chi connectivity index (χ4n) is 0. The second-order valence-electron chi connectivity index (χ2n) is 0.616.